The summed E-state index contributed by atoms with van der Waals surface area (Å²) in [6.07, 6.45) is 2.45. The van der Waals surface area contributed by atoms with E-state index in [-0.39, 0.29) is 34.8 Å². The van der Waals surface area contributed by atoms with Crippen molar-refractivity contribution in [2.75, 3.05) is 13.2 Å². The summed E-state index contributed by atoms with van der Waals surface area (Å²) in [6, 6.07) is 13.0. The Labute approximate surface area is 173 Å². The van der Waals surface area contributed by atoms with Crippen molar-refractivity contribution in [1.82, 2.24) is 0 Å². The summed E-state index contributed by atoms with van der Waals surface area (Å²) in [5.74, 6) is -0.133. The van der Waals surface area contributed by atoms with Crippen LogP contribution in [0.5, 0.6) is 0 Å². The summed E-state index contributed by atoms with van der Waals surface area (Å²) in [5.41, 5.74) is 1.93. The minimum absolute atomic E-state index is 0.0226. The van der Waals surface area contributed by atoms with E-state index in [1.165, 1.54) is 24.3 Å². The molecule has 0 spiro atoms. The molecular formula is C21H26O6S2. The van der Waals surface area contributed by atoms with Crippen molar-refractivity contribution in [1.29, 1.82) is 0 Å². The highest BCUT2D eigenvalue weighted by molar-refractivity contribution is 7.87. The van der Waals surface area contributed by atoms with Crippen LogP contribution in [-0.2, 0) is 28.6 Å². The number of hydrogen-bond donors (Lipinski definition) is 0. The lowest BCUT2D eigenvalue weighted by atomic mass is 9.98. The van der Waals surface area contributed by atoms with Gasteiger partial charge in [0.2, 0.25) is 0 Å². The highest BCUT2D eigenvalue weighted by atomic mass is 32.2. The standard InChI is InChI=1S/C21H26O6S2/c1-16-6-10-20(11-7-16)28(22,23)26-14-18-4-3-5-19(18)15-27-29(24,25)21-12-8-17(2)9-13-21/h6-13,18-19H,3-5,14-15H2,1-2H3/t18-,19-/m0/s1. The first-order chi connectivity index (χ1) is 13.7. The Morgan fingerprint density at radius 2 is 1.03 bits per heavy atom. The average molecular weight is 439 g/mol. The Morgan fingerprint density at radius 3 is 1.38 bits per heavy atom. The molecule has 0 bridgehead atoms. The molecule has 0 amide bonds. The van der Waals surface area contributed by atoms with Gasteiger partial charge < -0.3 is 0 Å². The van der Waals surface area contributed by atoms with Crippen LogP contribution in [0.2, 0.25) is 0 Å². The molecule has 6 nitrogen and oxygen atoms in total. The maximum Gasteiger partial charge on any atom is 0.296 e. The molecule has 2 aromatic carbocycles. The number of benzene rings is 2. The summed E-state index contributed by atoms with van der Waals surface area (Å²) in [4.78, 5) is 0.242. The van der Waals surface area contributed by atoms with Crippen LogP contribution < -0.4 is 0 Å². The van der Waals surface area contributed by atoms with Gasteiger partial charge in [0.1, 0.15) is 0 Å². The van der Waals surface area contributed by atoms with E-state index in [4.69, 9.17) is 8.37 Å². The first kappa shape index (κ1) is 22.0. The van der Waals surface area contributed by atoms with Gasteiger partial charge in [-0.2, -0.15) is 16.8 Å². The molecule has 0 heterocycles. The summed E-state index contributed by atoms with van der Waals surface area (Å²) in [7, 11) is -7.67. The van der Waals surface area contributed by atoms with Crippen molar-refractivity contribution in [3.05, 3.63) is 59.7 Å². The van der Waals surface area contributed by atoms with Crippen LogP contribution in [0.4, 0.5) is 0 Å². The zero-order valence-electron chi connectivity index (χ0n) is 16.6. The van der Waals surface area contributed by atoms with Gasteiger partial charge in [-0.1, -0.05) is 41.8 Å². The monoisotopic (exact) mass is 438 g/mol. The predicted molar refractivity (Wildman–Crippen MR) is 109 cm³/mol. The van der Waals surface area contributed by atoms with Crippen LogP contribution in [-0.4, -0.2) is 30.0 Å². The topological polar surface area (TPSA) is 86.7 Å². The van der Waals surface area contributed by atoms with Gasteiger partial charge in [0.15, 0.2) is 0 Å². The van der Waals surface area contributed by atoms with E-state index >= 15 is 0 Å². The molecule has 1 saturated carbocycles. The molecule has 1 fully saturated rings. The van der Waals surface area contributed by atoms with Crippen molar-refractivity contribution in [2.24, 2.45) is 11.8 Å². The maximum atomic E-state index is 12.4. The Morgan fingerprint density at radius 1 is 0.690 bits per heavy atom. The highest BCUT2D eigenvalue weighted by Crippen LogP contribution is 2.33. The minimum atomic E-state index is -3.84. The fraction of sp³-hybridized carbons (Fsp3) is 0.429. The second kappa shape index (κ2) is 8.95. The Balaban J connectivity index is 1.58. The van der Waals surface area contributed by atoms with Crippen LogP contribution in [0.3, 0.4) is 0 Å². The first-order valence-corrected chi connectivity index (χ1v) is 12.4. The van der Waals surface area contributed by atoms with Gasteiger partial charge in [-0.05, 0) is 62.8 Å². The molecule has 0 aromatic heterocycles. The third kappa shape index (κ3) is 5.66. The third-order valence-electron chi connectivity index (χ3n) is 5.31. The van der Waals surface area contributed by atoms with E-state index in [9.17, 15) is 16.8 Å². The quantitative estimate of drug-likeness (QED) is 0.582. The molecule has 0 N–H and O–H groups in total. The molecule has 8 heteroatoms. The second-order valence-electron chi connectivity index (χ2n) is 7.55. The Bertz CT molecular complexity index is 940. The van der Waals surface area contributed by atoms with E-state index in [0.29, 0.717) is 0 Å². The molecular weight excluding hydrogens is 412 g/mol. The van der Waals surface area contributed by atoms with Crippen molar-refractivity contribution in [2.45, 2.75) is 42.9 Å². The van der Waals surface area contributed by atoms with Gasteiger partial charge in [0.05, 0.1) is 23.0 Å². The van der Waals surface area contributed by atoms with E-state index in [1.807, 2.05) is 13.8 Å². The highest BCUT2D eigenvalue weighted by Gasteiger charge is 2.31. The first-order valence-electron chi connectivity index (χ1n) is 9.59. The largest absolute Gasteiger partial charge is 0.296 e. The lowest BCUT2D eigenvalue weighted by Gasteiger charge is -2.19. The average Bonchev–Trinajstić information content (AvgIpc) is 3.13. The van der Waals surface area contributed by atoms with Crippen molar-refractivity contribution in [3.63, 3.8) is 0 Å². The SMILES string of the molecule is Cc1ccc(S(=O)(=O)OC[C@@H]2CCC[C@H]2COS(=O)(=O)c2ccc(C)cc2)cc1. The van der Waals surface area contributed by atoms with Gasteiger partial charge in [0, 0.05) is 0 Å². The molecule has 0 unspecified atom stereocenters. The molecule has 3 rings (SSSR count). The molecule has 29 heavy (non-hydrogen) atoms. The van der Waals surface area contributed by atoms with E-state index in [2.05, 4.69) is 0 Å². The number of rotatable bonds is 8. The molecule has 0 radical (unpaired) electrons. The predicted octanol–water partition coefficient (Wildman–Crippen LogP) is 3.83. The van der Waals surface area contributed by atoms with E-state index in [0.717, 1.165) is 30.4 Å². The lowest BCUT2D eigenvalue weighted by molar-refractivity contribution is 0.169. The van der Waals surface area contributed by atoms with Crippen LogP contribution >= 0.6 is 0 Å². The molecule has 2 aromatic rings. The van der Waals surface area contributed by atoms with Gasteiger partial charge in [-0.25, -0.2) is 0 Å². The summed E-state index contributed by atoms with van der Waals surface area (Å²) >= 11 is 0. The third-order valence-corrected chi connectivity index (χ3v) is 7.90. The fourth-order valence-electron chi connectivity index (χ4n) is 3.45. The summed E-state index contributed by atoms with van der Waals surface area (Å²) < 4.78 is 60.1. The molecule has 0 aliphatic heterocycles. The van der Waals surface area contributed by atoms with Crippen molar-refractivity contribution >= 4 is 20.2 Å². The van der Waals surface area contributed by atoms with Crippen LogP contribution in [0.25, 0.3) is 0 Å². The fourth-order valence-corrected chi connectivity index (χ4v) is 5.37. The van der Waals surface area contributed by atoms with Crippen molar-refractivity contribution in [3.8, 4) is 0 Å². The molecule has 2 atom stereocenters. The maximum absolute atomic E-state index is 12.4. The molecule has 1 aliphatic rings. The number of aryl methyl sites for hydroxylation is 2. The summed E-state index contributed by atoms with van der Waals surface area (Å²) in [6.45, 7) is 3.81. The number of hydrogen-bond acceptors (Lipinski definition) is 6. The van der Waals surface area contributed by atoms with Crippen LogP contribution in [0.15, 0.2) is 58.3 Å². The normalized spacial score (nSPS) is 20.1. The molecule has 1 aliphatic carbocycles. The minimum Gasteiger partial charge on any atom is -0.266 e. The summed E-state index contributed by atoms with van der Waals surface area (Å²) in [5, 5.41) is 0. The second-order valence-corrected chi connectivity index (χ2v) is 10.8. The Hall–Kier alpha value is -1.74. The smallest absolute Gasteiger partial charge is 0.266 e. The molecule has 0 saturated heterocycles. The lowest BCUT2D eigenvalue weighted by Crippen LogP contribution is -2.23. The zero-order valence-corrected chi connectivity index (χ0v) is 18.2. The van der Waals surface area contributed by atoms with Crippen LogP contribution in [0.1, 0.15) is 30.4 Å². The Kier molecular flexibility index (Phi) is 6.78. The van der Waals surface area contributed by atoms with E-state index < -0.39 is 20.2 Å². The van der Waals surface area contributed by atoms with E-state index in [1.54, 1.807) is 24.3 Å². The van der Waals surface area contributed by atoms with Gasteiger partial charge in [-0.15, -0.1) is 0 Å². The van der Waals surface area contributed by atoms with Crippen LogP contribution in [0, 0.1) is 25.7 Å². The van der Waals surface area contributed by atoms with Crippen molar-refractivity contribution < 1.29 is 25.2 Å². The van der Waals surface area contributed by atoms with Gasteiger partial charge >= 0.3 is 0 Å². The van der Waals surface area contributed by atoms with Gasteiger partial charge in [0.25, 0.3) is 20.2 Å². The molecule has 158 valence electrons. The zero-order chi connectivity index (χ0) is 21.1. The van der Waals surface area contributed by atoms with Gasteiger partial charge in [-0.3, -0.25) is 8.37 Å².